The van der Waals surface area contributed by atoms with E-state index >= 15 is 0 Å². The summed E-state index contributed by atoms with van der Waals surface area (Å²) in [5, 5.41) is 3.29. The molecule has 1 N–H and O–H groups in total. The van der Waals surface area contributed by atoms with Crippen LogP contribution in [0.15, 0.2) is 24.3 Å². The van der Waals surface area contributed by atoms with E-state index in [0.29, 0.717) is 17.9 Å². The molecule has 0 aromatic heterocycles. The van der Waals surface area contributed by atoms with Crippen LogP contribution in [0.5, 0.6) is 5.75 Å². The van der Waals surface area contributed by atoms with Crippen LogP contribution in [-0.4, -0.2) is 67.0 Å². The number of unbranched alkanes of at least 4 members (excludes halogenated alkanes) is 1. The molecule has 1 aromatic rings. The maximum absolute atomic E-state index is 12.8. The first kappa shape index (κ1) is 23.9. The van der Waals surface area contributed by atoms with Crippen molar-refractivity contribution in [3.05, 3.63) is 24.3 Å². The Hall–Kier alpha value is -2.78. The topological polar surface area (TPSA) is 105 Å². The smallest absolute Gasteiger partial charge is 0.354 e. The van der Waals surface area contributed by atoms with Gasteiger partial charge in [-0.15, -0.1) is 0 Å². The van der Waals surface area contributed by atoms with Gasteiger partial charge in [0.1, 0.15) is 5.75 Å². The van der Waals surface area contributed by atoms with Gasteiger partial charge in [-0.25, -0.2) is 9.69 Å². The zero-order chi connectivity index (χ0) is 23.1. The van der Waals surface area contributed by atoms with Crippen molar-refractivity contribution < 1.29 is 28.7 Å². The number of imide groups is 1. The van der Waals surface area contributed by atoms with Gasteiger partial charge in [0.15, 0.2) is 6.10 Å². The van der Waals surface area contributed by atoms with E-state index in [1.54, 1.807) is 24.3 Å². The van der Waals surface area contributed by atoms with Gasteiger partial charge >= 0.3 is 11.9 Å². The standard InChI is InChI=1S/C23H31N3O6/c1-3-4-5-20(23(30)31-16(2)27)32-19-8-6-18(7-9-19)26-21(28)14-25(15-22(26)29)17-10-12-24-13-11-17/h6-9,17,20,24H,3-5,10-15H2,1-2H3. The lowest BCUT2D eigenvalue weighted by atomic mass is 10.0. The van der Waals surface area contributed by atoms with Crippen LogP contribution in [0.25, 0.3) is 0 Å². The summed E-state index contributed by atoms with van der Waals surface area (Å²) in [5.74, 6) is -1.52. The number of hydrogen-bond donors (Lipinski definition) is 1. The fourth-order valence-corrected chi connectivity index (χ4v) is 4.06. The minimum atomic E-state index is -0.901. The van der Waals surface area contributed by atoms with Crippen LogP contribution < -0.4 is 15.0 Å². The van der Waals surface area contributed by atoms with Gasteiger partial charge in [-0.2, -0.15) is 0 Å². The third-order valence-electron chi connectivity index (χ3n) is 5.70. The Bertz CT molecular complexity index is 817. The van der Waals surface area contributed by atoms with Crippen LogP contribution in [0.1, 0.15) is 46.0 Å². The van der Waals surface area contributed by atoms with E-state index in [1.165, 1.54) is 11.8 Å². The van der Waals surface area contributed by atoms with E-state index in [9.17, 15) is 19.2 Å². The Morgan fingerprint density at radius 3 is 2.28 bits per heavy atom. The second kappa shape index (κ2) is 11.2. The predicted molar refractivity (Wildman–Crippen MR) is 117 cm³/mol. The van der Waals surface area contributed by atoms with Crippen molar-refractivity contribution in [2.24, 2.45) is 0 Å². The average molecular weight is 446 g/mol. The van der Waals surface area contributed by atoms with Gasteiger partial charge in [0, 0.05) is 13.0 Å². The van der Waals surface area contributed by atoms with E-state index in [1.807, 2.05) is 11.8 Å². The van der Waals surface area contributed by atoms with Crippen LogP contribution in [0.4, 0.5) is 5.69 Å². The summed E-state index contributed by atoms with van der Waals surface area (Å²) in [7, 11) is 0. The normalized spacial score (nSPS) is 19.0. The Kier molecular flexibility index (Phi) is 8.35. The van der Waals surface area contributed by atoms with Crippen LogP contribution in [-0.2, 0) is 23.9 Å². The minimum Gasteiger partial charge on any atom is -0.479 e. The molecule has 9 nitrogen and oxygen atoms in total. The highest BCUT2D eigenvalue weighted by molar-refractivity contribution is 6.17. The molecule has 0 saturated carbocycles. The van der Waals surface area contributed by atoms with Crippen molar-refractivity contribution in [2.75, 3.05) is 31.1 Å². The quantitative estimate of drug-likeness (QED) is 0.366. The molecule has 2 amide bonds. The van der Waals surface area contributed by atoms with E-state index in [4.69, 9.17) is 4.74 Å². The number of piperazine rings is 1. The van der Waals surface area contributed by atoms with Crippen LogP contribution in [0.3, 0.4) is 0 Å². The molecule has 1 aromatic carbocycles. The highest BCUT2D eigenvalue weighted by Crippen LogP contribution is 2.25. The van der Waals surface area contributed by atoms with E-state index in [-0.39, 0.29) is 30.9 Å². The maximum atomic E-state index is 12.8. The molecule has 32 heavy (non-hydrogen) atoms. The number of ether oxygens (including phenoxy) is 2. The molecule has 1 atom stereocenters. The maximum Gasteiger partial charge on any atom is 0.354 e. The SMILES string of the molecule is CCCCC(Oc1ccc(N2C(=O)CN(C3CCNCC3)CC2=O)cc1)C(=O)OC(C)=O. The van der Waals surface area contributed by atoms with Crippen LogP contribution >= 0.6 is 0 Å². The molecule has 2 aliphatic heterocycles. The molecular formula is C23H31N3O6. The van der Waals surface area contributed by atoms with E-state index in [2.05, 4.69) is 10.1 Å². The van der Waals surface area contributed by atoms with E-state index in [0.717, 1.165) is 38.8 Å². The van der Waals surface area contributed by atoms with Crippen molar-refractivity contribution in [2.45, 2.75) is 58.1 Å². The molecule has 2 aliphatic rings. The van der Waals surface area contributed by atoms with Crippen LogP contribution in [0, 0.1) is 0 Å². The fourth-order valence-electron chi connectivity index (χ4n) is 4.06. The molecule has 2 saturated heterocycles. The van der Waals surface area contributed by atoms with Gasteiger partial charge in [0.25, 0.3) is 0 Å². The van der Waals surface area contributed by atoms with Crippen LogP contribution in [0.2, 0.25) is 0 Å². The molecule has 174 valence electrons. The number of anilines is 1. The number of hydrogen-bond acceptors (Lipinski definition) is 8. The summed E-state index contributed by atoms with van der Waals surface area (Å²) in [4.78, 5) is 52.0. The fraction of sp³-hybridized carbons (Fsp3) is 0.565. The first-order chi connectivity index (χ1) is 15.4. The number of nitrogens with zero attached hydrogens (tertiary/aromatic N) is 2. The zero-order valence-electron chi connectivity index (χ0n) is 18.7. The monoisotopic (exact) mass is 445 g/mol. The summed E-state index contributed by atoms with van der Waals surface area (Å²) in [5.41, 5.74) is 0.466. The van der Waals surface area contributed by atoms with Gasteiger partial charge in [-0.3, -0.25) is 19.3 Å². The molecule has 2 fully saturated rings. The molecule has 0 aliphatic carbocycles. The summed E-state index contributed by atoms with van der Waals surface area (Å²) in [6.07, 6.45) is 2.97. The van der Waals surface area contributed by atoms with Crippen molar-refractivity contribution >= 4 is 29.4 Å². The molecular weight excluding hydrogens is 414 g/mol. The number of carbonyl (C=O) groups is 4. The Balaban J connectivity index is 1.65. The molecule has 0 bridgehead atoms. The lowest BCUT2D eigenvalue weighted by Crippen LogP contribution is -2.58. The van der Waals surface area contributed by atoms with Gasteiger partial charge in [0.2, 0.25) is 11.8 Å². The van der Waals surface area contributed by atoms with E-state index < -0.39 is 18.0 Å². The van der Waals surface area contributed by atoms with Crippen molar-refractivity contribution in [3.63, 3.8) is 0 Å². The minimum absolute atomic E-state index is 0.213. The van der Waals surface area contributed by atoms with Crippen molar-refractivity contribution in [1.29, 1.82) is 0 Å². The van der Waals surface area contributed by atoms with Gasteiger partial charge in [-0.05, 0) is 63.0 Å². The summed E-state index contributed by atoms with van der Waals surface area (Å²) < 4.78 is 10.4. The Morgan fingerprint density at radius 2 is 1.72 bits per heavy atom. The Morgan fingerprint density at radius 1 is 1.09 bits per heavy atom. The number of rotatable bonds is 8. The van der Waals surface area contributed by atoms with Gasteiger partial charge < -0.3 is 14.8 Å². The molecule has 3 rings (SSSR count). The highest BCUT2D eigenvalue weighted by atomic mass is 16.6. The first-order valence-corrected chi connectivity index (χ1v) is 11.2. The second-order valence-corrected chi connectivity index (χ2v) is 8.16. The zero-order valence-corrected chi connectivity index (χ0v) is 18.7. The molecule has 0 radical (unpaired) electrons. The van der Waals surface area contributed by atoms with Gasteiger partial charge in [-0.1, -0.05) is 13.3 Å². The molecule has 9 heteroatoms. The van der Waals surface area contributed by atoms with Crippen molar-refractivity contribution in [3.8, 4) is 5.75 Å². The number of benzene rings is 1. The largest absolute Gasteiger partial charge is 0.479 e. The first-order valence-electron chi connectivity index (χ1n) is 11.2. The number of nitrogens with one attached hydrogen (secondary N) is 1. The lowest BCUT2D eigenvalue weighted by molar-refractivity contribution is -0.163. The summed E-state index contributed by atoms with van der Waals surface area (Å²) in [6.45, 7) is 5.38. The number of carbonyl (C=O) groups excluding carboxylic acids is 4. The average Bonchev–Trinajstić information content (AvgIpc) is 2.77. The third kappa shape index (κ3) is 6.14. The lowest BCUT2D eigenvalue weighted by Gasteiger charge is -2.39. The number of piperidine rings is 1. The number of amides is 2. The number of esters is 2. The Labute approximate surface area is 188 Å². The van der Waals surface area contributed by atoms with Crippen molar-refractivity contribution in [1.82, 2.24) is 10.2 Å². The molecule has 1 unspecified atom stereocenters. The second-order valence-electron chi connectivity index (χ2n) is 8.16. The summed E-state index contributed by atoms with van der Waals surface area (Å²) in [6, 6.07) is 6.71. The molecule has 2 heterocycles. The third-order valence-corrected chi connectivity index (χ3v) is 5.70. The predicted octanol–water partition coefficient (Wildman–Crippen LogP) is 1.64. The van der Waals surface area contributed by atoms with Gasteiger partial charge in [0.05, 0.1) is 18.8 Å². The molecule has 0 spiro atoms. The highest BCUT2D eigenvalue weighted by Gasteiger charge is 2.35. The summed E-state index contributed by atoms with van der Waals surface area (Å²) >= 11 is 0.